The number of carbonyl (C=O) groups excluding carboxylic acids is 1. The third-order valence-electron chi connectivity index (χ3n) is 5.06. The van der Waals surface area contributed by atoms with Crippen molar-refractivity contribution in [3.8, 4) is 0 Å². The minimum absolute atomic E-state index is 0.106. The number of carbonyl (C=O) groups is 1. The molecule has 25 heavy (non-hydrogen) atoms. The lowest BCUT2D eigenvalue weighted by atomic mass is 10.0. The van der Waals surface area contributed by atoms with E-state index in [2.05, 4.69) is 9.55 Å². The number of amides is 1. The maximum Gasteiger partial charge on any atom is 0.254 e. The van der Waals surface area contributed by atoms with Crippen LogP contribution in [-0.2, 0) is 0 Å². The van der Waals surface area contributed by atoms with Crippen LogP contribution in [0.15, 0.2) is 48.8 Å². The van der Waals surface area contributed by atoms with Crippen molar-refractivity contribution in [3.05, 3.63) is 65.7 Å². The molecule has 0 radical (unpaired) electrons. The number of halogens is 1. The van der Waals surface area contributed by atoms with E-state index in [1.54, 1.807) is 12.4 Å². The average Bonchev–Trinajstić information content (AvgIpc) is 3.04. The molecule has 5 heteroatoms. The molecule has 128 valence electrons. The van der Waals surface area contributed by atoms with Crippen molar-refractivity contribution < 1.29 is 9.18 Å². The van der Waals surface area contributed by atoms with Gasteiger partial charge in [-0.25, -0.2) is 9.37 Å². The van der Waals surface area contributed by atoms with Gasteiger partial charge in [0.25, 0.3) is 5.91 Å². The Labute approximate surface area is 145 Å². The molecule has 1 aliphatic heterocycles. The second-order valence-electron chi connectivity index (χ2n) is 6.62. The van der Waals surface area contributed by atoms with E-state index in [-0.39, 0.29) is 17.8 Å². The smallest absolute Gasteiger partial charge is 0.254 e. The summed E-state index contributed by atoms with van der Waals surface area (Å²) < 4.78 is 15.4. The third kappa shape index (κ3) is 2.90. The van der Waals surface area contributed by atoms with Gasteiger partial charge in [-0.15, -0.1) is 0 Å². The first kappa shape index (κ1) is 15.8. The number of likely N-dealkylation sites (tertiary alicyclic amines) is 1. The fraction of sp³-hybridized carbons (Fsp3) is 0.300. The number of hydrogen-bond donors (Lipinski definition) is 0. The molecule has 1 aliphatic rings. The monoisotopic (exact) mass is 337 g/mol. The highest BCUT2D eigenvalue weighted by Crippen LogP contribution is 2.27. The fourth-order valence-corrected chi connectivity index (χ4v) is 3.63. The summed E-state index contributed by atoms with van der Waals surface area (Å²) in [4.78, 5) is 19.0. The van der Waals surface area contributed by atoms with Crippen LogP contribution in [0.5, 0.6) is 0 Å². The van der Waals surface area contributed by atoms with E-state index in [0.717, 1.165) is 42.6 Å². The molecule has 1 amide bonds. The Morgan fingerprint density at radius 1 is 1.16 bits per heavy atom. The van der Waals surface area contributed by atoms with Crippen molar-refractivity contribution in [2.75, 3.05) is 13.1 Å². The highest BCUT2D eigenvalue weighted by molar-refractivity contribution is 5.95. The van der Waals surface area contributed by atoms with Crippen LogP contribution < -0.4 is 0 Å². The van der Waals surface area contributed by atoms with Crippen molar-refractivity contribution in [2.24, 2.45) is 0 Å². The Hall–Kier alpha value is -2.69. The lowest BCUT2D eigenvalue weighted by Gasteiger charge is -2.33. The summed E-state index contributed by atoms with van der Waals surface area (Å²) in [7, 11) is 0. The first-order valence-electron chi connectivity index (χ1n) is 8.60. The number of rotatable bonds is 2. The quantitative estimate of drug-likeness (QED) is 0.710. The van der Waals surface area contributed by atoms with Crippen LogP contribution in [0.3, 0.4) is 0 Å². The topological polar surface area (TPSA) is 38.1 Å². The lowest BCUT2D eigenvalue weighted by Crippen LogP contribution is -2.39. The van der Waals surface area contributed by atoms with Gasteiger partial charge in [-0.3, -0.25) is 4.79 Å². The van der Waals surface area contributed by atoms with E-state index in [4.69, 9.17) is 0 Å². The highest BCUT2D eigenvalue weighted by Gasteiger charge is 2.26. The van der Waals surface area contributed by atoms with Gasteiger partial charge in [0.2, 0.25) is 0 Å². The minimum atomic E-state index is -0.267. The van der Waals surface area contributed by atoms with Crippen molar-refractivity contribution >= 4 is 16.9 Å². The molecular weight excluding hydrogens is 317 g/mol. The van der Waals surface area contributed by atoms with E-state index >= 15 is 0 Å². The summed E-state index contributed by atoms with van der Waals surface area (Å²) in [6.45, 7) is 3.41. The number of fused-ring (bicyclic) bond motifs is 1. The van der Waals surface area contributed by atoms with Gasteiger partial charge in [-0.05, 0) is 43.5 Å². The zero-order valence-electron chi connectivity index (χ0n) is 14.2. The molecule has 0 atom stereocenters. The van der Waals surface area contributed by atoms with E-state index in [1.165, 1.54) is 12.1 Å². The van der Waals surface area contributed by atoms with Gasteiger partial charge in [0, 0.05) is 30.8 Å². The number of nitrogens with zero attached hydrogens (tertiary/aromatic N) is 3. The van der Waals surface area contributed by atoms with Crippen LogP contribution in [0.1, 0.15) is 34.8 Å². The Balaban J connectivity index is 1.49. The van der Waals surface area contributed by atoms with Crippen LogP contribution in [0.2, 0.25) is 0 Å². The molecule has 4 nitrogen and oxygen atoms in total. The van der Waals surface area contributed by atoms with Crippen molar-refractivity contribution in [2.45, 2.75) is 25.8 Å². The molecule has 0 saturated carbocycles. The van der Waals surface area contributed by atoms with Gasteiger partial charge in [-0.2, -0.15) is 0 Å². The third-order valence-corrected chi connectivity index (χ3v) is 5.06. The number of imidazole rings is 1. The standard InChI is InChI=1S/C20H20FN3O/c1-14-4-2-3-5-17(14)20(25)23-10-8-16(9-11-23)24-13-22-18-12-15(21)6-7-19(18)24/h2-7,12-13,16H,8-11H2,1H3. The number of aromatic nitrogens is 2. The second-order valence-corrected chi connectivity index (χ2v) is 6.62. The molecule has 0 aliphatic carbocycles. The Bertz CT molecular complexity index is 926. The molecule has 2 heterocycles. The summed E-state index contributed by atoms with van der Waals surface area (Å²) in [6, 6.07) is 12.7. The van der Waals surface area contributed by atoms with E-state index in [9.17, 15) is 9.18 Å². The fourth-order valence-electron chi connectivity index (χ4n) is 3.63. The molecule has 4 rings (SSSR count). The predicted molar refractivity (Wildman–Crippen MR) is 95.0 cm³/mol. The molecule has 0 bridgehead atoms. The molecule has 1 fully saturated rings. The molecule has 2 aromatic carbocycles. The summed E-state index contributed by atoms with van der Waals surface area (Å²) in [5.41, 5.74) is 3.42. The van der Waals surface area contributed by atoms with E-state index in [0.29, 0.717) is 5.52 Å². The predicted octanol–water partition coefficient (Wildman–Crippen LogP) is 3.96. The first-order valence-corrected chi connectivity index (χ1v) is 8.60. The van der Waals surface area contributed by atoms with E-state index < -0.39 is 0 Å². The van der Waals surface area contributed by atoms with Crippen LogP contribution in [0.25, 0.3) is 11.0 Å². The van der Waals surface area contributed by atoms with Gasteiger partial charge in [0.15, 0.2) is 0 Å². The summed E-state index contributed by atoms with van der Waals surface area (Å²) in [5, 5.41) is 0. The lowest BCUT2D eigenvalue weighted by molar-refractivity contribution is 0.0695. The van der Waals surface area contributed by atoms with Crippen LogP contribution in [-0.4, -0.2) is 33.4 Å². The molecule has 1 aromatic heterocycles. The zero-order chi connectivity index (χ0) is 17.4. The molecule has 1 saturated heterocycles. The van der Waals surface area contributed by atoms with Crippen LogP contribution in [0.4, 0.5) is 4.39 Å². The Morgan fingerprint density at radius 2 is 1.92 bits per heavy atom. The number of piperidine rings is 1. The number of benzene rings is 2. The summed E-state index contributed by atoms with van der Waals surface area (Å²) in [5.74, 6) is -0.162. The van der Waals surface area contributed by atoms with Gasteiger partial charge in [-0.1, -0.05) is 18.2 Å². The van der Waals surface area contributed by atoms with Crippen LogP contribution >= 0.6 is 0 Å². The second kappa shape index (κ2) is 6.31. The minimum Gasteiger partial charge on any atom is -0.338 e. The van der Waals surface area contributed by atoms with Crippen molar-refractivity contribution in [1.82, 2.24) is 14.5 Å². The SMILES string of the molecule is Cc1ccccc1C(=O)N1CCC(n2cnc3cc(F)ccc32)CC1. The maximum atomic E-state index is 13.3. The largest absolute Gasteiger partial charge is 0.338 e. The highest BCUT2D eigenvalue weighted by atomic mass is 19.1. The summed E-state index contributed by atoms with van der Waals surface area (Å²) >= 11 is 0. The van der Waals surface area contributed by atoms with Gasteiger partial charge in [0.05, 0.1) is 17.4 Å². The van der Waals surface area contributed by atoms with Gasteiger partial charge in [0.1, 0.15) is 5.82 Å². The molecule has 0 spiro atoms. The Morgan fingerprint density at radius 3 is 2.68 bits per heavy atom. The van der Waals surface area contributed by atoms with Gasteiger partial charge >= 0.3 is 0 Å². The van der Waals surface area contributed by atoms with Gasteiger partial charge < -0.3 is 9.47 Å². The maximum absolute atomic E-state index is 13.3. The molecule has 0 N–H and O–H groups in total. The molecule has 0 unspecified atom stereocenters. The van der Waals surface area contributed by atoms with Crippen molar-refractivity contribution in [3.63, 3.8) is 0 Å². The van der Waals surface area contributed by atoms with Crippen LogP contribution in [0, 0.1) is 12.7 Å². The number of aryl methyl sites for hydroxylation is 1. The number of hydrogen-bond acceptors (Lipinski definition) is 2. The molecule has 3 aromatic rings. The van der Waals surface area contributed by atoms with Crippen molar-refractivity contribution in [1.29, 1.82) is 0 Å². The Kier molecular flexibility index (Phi) is 3.99. The molecular formula is C20H20FN3O. The zero-order valence-corrected chi connectivity index (χ0v) is 14.2. The van der Waals surface area contributed by atoms with E-state index in [1.807, 2.05) is 36.1 Å². The first-order chi connectivity index (χ1) is 12.1. The normalized spacial score (nSPS) is 15.7. The summed E-state index contributed by atoms with van der Waals surface area (Å²) in [6.07, 6.45) is 3.54. The average molecular weight is 337 g/mol.